The Labute approximate surface area is 218 Å². The van der Waals surface area contributed by atoms with Gasteiger partial charge in [-0.25, -0.2) is 14.8 Å². The summed E-state index contributed by atoms with van der Waals surface area (Å²) in [7, 11) is 5.47. The summed E-state index contributed by atoms with van der Waals surface area (Å²) < 4.78 is 0. The smallest absolute Gasteiger partial charge is 0.349 e. The zero-order valence-corrected chi connectivity index (χ0v) is 22.0. The van der Waals surface area contributed by atoms with E-state index in [2.05, 4.69) is 35.7 Å². The zero-order valence-electron chi connectivity index (χ0n) is 20.4. The predicted molar refractivity (Wildman–Crippen MR) is 136 cm³/mol. The first-order chi connectivity index (χ1) is 17.2. The SMILES string of the molecule is CN1CCc2nc(C(=O)N[C@@H]3C[C@@H](C(=O)N(C)C)CC[C@@H]3NC(=O)N=Nc3ccc(Cl)nc3)sc2C1. The summed E-state index contributed by atoms with van der Waals surface area (Å²) in [6, 6.07) is 1.64. The van der Waals surface area contributed by atoms with E-state index in [1.165, 1.54) is 17.5 Å². The van der Waals surface area contributed by atoms with Gasteiger partial charge in [-0.3, -0.25) is 9.59 Å². The van der Waals surface area contributed by atoms with Crippen molar-refractivity contribution < 1.29 is 14.4 Å². The van der Waals surface area contributed by atoms with E-state index in [0.29, 0.717) is 35.1 Å². The molecule has 0 bridgehead atoms. The molecule has 13 heteroatoms. The normalized spacial score (nSPS) is 22.2. The fourth-order valence-electron chi connectivity index (χ4n) is 4.46. The van der Waals surface area contributed by atoms with Crippen LogP contribution >= 0.6 is 22.9 Å². The van der Waals surface area contributed by atoms with Gasteiger partial charge in [0.1, 0.15) is 10.8 Å². The molecule has 2 N–H and O–H groups in total. The Morgan fingerprint density at radius 2 is 2.00 bits per heavy atom. The van der Waals surface area contributed by atoms with Crippen LogP contribution in [0.25, 0.3) is 0 Å². The van der Waals surface area contributed by atoms with Gasteiger partial charge in [0, 0.05) is 44.4 Å². The second-order valence-corrected chi connectivity index (χ2v) is 10.8. The first kappa shape index (κ1) is 26.1. The summed E-state index contributed by atoms with van der Waals surface area (Å²) in [5.74, 6) is -0.548. The van der Waals surface area contributed by atoms with E-state index in [9.17, 15) is 14.4 Å². The number of carbonyl (C=O) groups is 3. The van der Waals surface area contributed by atoms with Crippen LogP contribution in [0.4, 0.5) is 10.5 Å². The van der Waals surface area contributed by atoms with E-state index < -0.39 is 18.1 Å². The van der Waals surface area contributed by atoms with E-state index in [1.54, 1.807) is 31.1 Å². The van der Waals surface area contributed by atoms with Gasteiger partial charge in [0.05, 0.1) is 24.0 Å². The van der Waals surface area contributed by atoms with Gasteiger partial charge in [-0.2, -0.15) is 0 Å². The number of aromatic nitrogens is 2. The zero-order chi connectivity index (χ0) is 25.8. The number of thiazole rings is 1. The largest absolute Gasteiger partial charge is 0.359 e. The molecular formula is C23H29ClN8O3S. The molecule has 0 spiro atoms. The summed E-state index contributed by atoms with van der Waals surface area (Å²) >= 11 is 7.16. The van der Waals surface area contributed by atoms with Gasteiger partial charge in [-0.1, -0.05) is 16.7 Å². The van der Waals surface area contributed by atoms with Gasteiger partial charge in [0.2, 0.25) is 5.91 Å². The van der Waals surface area contributed by atoms with Gasteiger partial charge >= 0.3 is 6.03 Å². The molecule has 0 saturated heterocycles. The molecule has 2 aromatic rings. The fourth-order valence-corrected chi connectivity index (χ4v) is 5.66. The maximum atomic E-state index is 13.1. The Balaban J connectivity index is 1.46. The van der Waals surface area contributed by atoms with Crippen LogP contribution < -0.4 is 10.6 Å². The Hall–Kier alpha value is -2.96. The molecule has 0 unspecified atom stereocenters. The third kappa shape index (κ3) is 6.42. The van der Waals surface area contributed by atoms with E-state index in [1.807, 2.05) is 7.05 Å². The van der Waals surface area contributed by atoms with E-state index in [-0.39, 0.29) is 17.7 Å². The Morgan fingerprint density at radius 3 is 2.72 bits per heavy atom. The van der Waals surface area contributed by atoms with Crippen molar-refractivity contribution in [2.45, 2.75) is 44.3 Å². The number of fused-ring (bicyclic) bond motifs is 1. The van der Waals surface area contributed by atoms with E-state index in [4.69, 9.17) is 11.6 Å². The number of halogens is 1. The highest BCUT2D eigenvalue weighted by Gasteiger charge is 2.37. The summed E-state index contributed by atoms with van der Waals surface area (Å²) in [4.78, 5) is 51.6. The molecule has 4 amide bonds. The number of rotatable bonds is 5. The number of hydrogen-bond acceptors (Lipinski definition) is 8. The third-order valence-electron chi connectivity index (χ3n) is 6.35. The molecule has 1 fully saturated rings. The number of hydrogen-bond donors (Lipinski definition) is 2. The molecule has 3 heterocycles. The predicted octanol–water partition coefficient (Wildman–Crippen LogP) is 3.03. The topological polar surface area (TPSA) is 132 Å². The van der Waals surface area contributed by atoms with E-state index >= 15 is 0 Å². The van der Waals surface area contributed by atoms with Crippen molar-refractivity contribution in [1.29, 1.82) is 0 Å². The average molecular weight is 533 g/mol. The number of azo groups is 1. The quantitative estimate of drug-likeness (QED) is 0.449. The van der Waals surface area contributed by atoms with Crippen LogP contribution in [0.3, 0.4) is 0 Å². The molecule has 1 aliphatic carbocycles. The lowest BCUT2D eigenvalue weighted by molar-refractivity contribution is -0.134. The average Bonchev–Trinajstić information content (AvgIpc) is 3.27. The lowest BCUT2D eigenvalue weighted by Gasteiger charge is -2.36. The van der Waals surface area contributed by atoms with Crippen LogP contribution in [0.1, 0.15) is 39.6 Å². The van der Waals surface area contributed by atoms with Crippen molar-refractivity contribution in [2.75, 3.05) is 27.7 Å². The molecular weight excluding hydrogens is 504 g/mol. The van der Waals surface area contributed by atoms with Crippen LogP contribution in [0.5, 0.6) is 0 Å². The highest BCUT2D eigenvalue weighted by atomic mass is 35.5. The molecule has 1 aliphatic heterocycles. The second-order valence-electron chi connectivity index (χ2n) is 9.29. The molecule has 3 atom stereocenters. The Bertz CT molecular complexity index is 1150. The molecule has 2 aromatic heterocycles. The van der Waals surface area contributed by atoms with Gasteiger partial charge in [0.15, 0.2) is 5.01 Å². The van der Waals surface area contributed by atoms with Crippen molar-refractivity contribution in [2.24, 2.45) is 16.1 Å². The van der Waals surface area contributed by atoms with Gasteiger partial charge in [-0.05, 0) is 38.4 Å². The number of carbonyl (C=O) groups excluding carboxylic acids is 3. The highest BCUT2D eigenvalue weighted by Crippen LogP contribution is 2.28. The molecule has 36 heavy (non-hydrogen) atoms. The summed E-state index contributed by atoms with van der Waals surface area (Å²) in [5, 5.41) is 14.2. The molecule has 4 rings (SSSR count). The molecule has 0 radical (unpaired) electrons. The Morgan fingerprint density at radius 1 is 1.19 bits per heavy atom. The van der Waals surface area contributed by atoms with E-state index in [0.717, 1.165) is 30.1 Å². The van der Waals surface area contributed by atoms with Crippen LogP contribution in [-0.4, -0.2) is 77.4 Å². The standard InChI is InChI=1S/C23H29ClN8O3S/c1-31(2)22(34)13-4-6-15(28-23(35)30-29-14-5-7-19(24)25-11-14)17(10-13)26-20(33)21-27-16-8-9-32(3)12-18(16)36-21/h5,7,11,13,15,17H,4,6,8-10,12H2,1-3H3,(H,26,33)(H,28,35)/t13-,15-,17+/m0/s1. The van der Waals surface area contributed by atoms with Gasteiger partial charge in [-0.15, -0.1) is 16.5 Å². The van der Waals surface area contributed by atoms with Crippen LogP contribution in [0.15, 0.2) is 28.6 Å². The van der Waals surface area contributed by atoms with Crippen LogP contribution in [0.2, 0.25) is 5.15 Å². The van der Waals surface area contributed by atoms with Crippen molar-refractivity contribution in [1.82, 2.24) is 30.4 Å². The lowest BCUT2D eigenvalue weighted by atomic mass is 9.81. The first-order valence-electron chi connectivity index (χ1n) is 11.7. The molecule has 1 saturated carbocycles. The number of pyridine rings is 1. The minimum absolute atomic E-state index is 0.00158. The summed E-state index contributed by atoms with van der Waals surface area (Å²) in [6.45, 7) is 1.68. The first-order valence-corrected chi connectivity index (χ1v) is 12.9. The molecule has 11 nitrogen and oxygen atoms in total. The van der Waals surface area contributed by atoms with Crippen molar-refractivity contribution >= 4 is 46.5 Å². The van der Waals surface area contributed by atoms with Crippen LogP contribution in [-0.2, 0) is 17.8 Å². The molecule has 0 aromatic carbocycles. The monoisotopic (exact) mass is 532 g/mol. The Kier molecular flexibility index (Phi) is 8.27. The maximum absolute atomic E-state index is 13.1. The van der Waals surface area contributed by atoms with Crippen molar-refractivity contribution in [3.8, 4) is 0 Å². The van der Waals surface area contributed by atoms with Crippen molar-refractivity contribution in [3.05, 3.63) is 39.1 Å². The van der Waals surface area contributed by atoms with Gasteiger partial charge in [0.25, 0.3) is 5.91 Å². The number of amides is 4. The highest BCUT2D eigenvalue weighted by molar-refractivity contribution is 7.13. The van der Waals surface area contributed by atoms with Gasteiger partial charge < -0.3 is 20.4 Å². The molecule has 2 aliphatic rings. The second kappa shape index (κ2) is 11.4. The number of urea groups is 1. The minimum atomic E-state index is -0.640. The fraction of sp³-hybridized carbons (Fsp3) is 0.522. The summed E-state index contributed by atoms with van der Waals surface area (Å²) in [6.07, 6.45) is 3.72. The number of nitrogens with zero attached hydrogens (tertiary/aromatic N) is 6. The lowest BCUT2D eigenvalue weighted by Crippen LogP contribution is -2.55. The minimum Gasteiger partial charge on any atom is -0.349 e. The van der Waals surface area contributed by atoms with Crippen molar-refractivity contribution in [3.63, 3.8) is 0 Å². The number of nitrogens with one attached hydrogen (secondary N) is 2. The molecule has 192 valence electrons. The van der Waals surface area contributed by atoms with Crippen LogP contribution in [0, 0.1) is 5.92 Å². The summed E-state index contributed by atoms with van der Waals surface area (Å²) in [5.41, 5.74) is 1.35. The third-order valence-corrected chi connectivity index (χ3v) is 7.65. The maximum Gasteiger partial charge on any atom is 0.359 e. The number of likely N-dealkylation sites (N-methyl/N-ethyl adjacent to an activating group) is 1.